The Balaban J connectivity index is 2.15. The lowest BCUT2D eigenvalue weighted by molar-refractivity contribution is -0.279. The van der Waals surface area contributed by atoms with Crippen LogP contribution in [0, 0.1) is 23.7 Å². The Kier molecular flexibility index (Phi) is 6.19. The van der Waals surface area contributed by atoms with Gasteiger partial charge in [-0.15, -0.1) is 0 Å². The second kappa shape index (κ2) is 7.41. The standard InChI is InChI=1S/C20H38O3/c1-9-16-13(5)12(4)14(6)19(21-16)22-18-15(7)17(10-2)23-20(18,8)11-3/h12-19H,9-11H2,1-8H3/t12-,13?,14+,15-,16+,17-,18+,19?,20?/m0/s1. The molecule has 0 N–H and O–H groups in total. The molecule has 0 aromatic carbocycles. The molecule has 9 atom stereocenters. The van der Waals surface area contributed by atoms with Gasteiger partial charge in [-0.3, -0.25) is 0 Å². The number of rotatable bonds is 5. The van der Waals surface area contributed by atoms with Gasteiger partial charge in [-0.2, -0.15) is 0 Å². The van der Waals surface area contributed by atoms with E-state index in [0.717, 1.165) is 19.3 Å². The maximum absolute atomic E-state index is 6.62. The minimum Gasteiger partial charge on any atom is -0.369 e. The second-order valence-corrected chi connectivity index (χ2v) is 8.18. The average molecular weight is 327 g/mol. The van der Waals surface area contributed by atoms with Crippen LogP contribution < -0.4 is 0 Å². The van der Waals surface area contributed by atoms with Gasteiger partial charge in [0.15, 0.2) is 6.29 Å². The van der Waals surface area contributed by atoms with Crippen molar-refractivity contribution in [3.63, 3.8) is 0 Å². The van der Waals surface area contributed by atoms with Gasteiger partial charge >= 0.3 is 0 Å². The van der Waals surface area contributed by atoms with Crippen LogP contribution in [0.15, 0.2) is 0 Å². The van der Waals surface area contributed by atoms with E-state index in [1.807, 2.05) is 0 Å². The number of hydrogen-bond acceptors (Lipinski definition) is 3. The van der Waals surface area contributed by atoms with E-state index >= 15 is 0 Å². The second-order valence-electron chi connectivity index (χ2n) is 8.18. The maximum Gasteiger partial charge on any atom is 0.161 e. The molecule has 2 heterocycles. The summed E-state index contributed by atoms with van der Waals surface area (Å²) in [6.07, 6.45) is 3.68. The summed E-state index contributed by atoms with van der Waals surface area (Å²) in [5, 5.41) is 0. The molecule has 2 saturated heterocycles. The Bertz CT molecular complexity index is 383. The monoisotopic (exact) mass is 326 g/mol. The summed E-state index contributed by atoms with van der Waals surface area (Å²) in [6.45, 7) is 18.0. The van der Waals surface area contributed by atoms with Crippen LogP contribution in [-0.4, -0.2) is 30.2 Å². The number of ether oxygens (including phenoxy) is 3. The van der Waals surface area contributed by atoms with Crippen LogP contribution in [0.2, 0.25) is 0 Å². The fourth-order valence-electron chi connectivity index (χ4n) is 4.53. The fraction of sp³-hybridized carbons (Fsp3) is 1.00. The molecule has 0 radical (unpaired) electrons. The van der Waals surface area contributed by atoms with E-state index in [0.29, 0.717) is 35.9 Å². The third-order valence-corrected chi connectivity index (χ3v) is 6.86. The van der Waals surface area contributed by atoms with Crippen LogP contribution in [0.1, 0.15) is 74.7 Å². The van der Waals surface area contributed by atoms with Crippen LogP contribution in [0.4, 0.5) is 0 Å². The van der Waals surface area contributed by atoms with Gasteiger partial charge in [-0.25, -0.2) is 0 Å². The highest BCUT2D eigenvalue weighted by atomic mass is 16.7. The molecule has 0 aliphatic carbocycles. The van der Waals surface area contributed by atoms with Gasteiger partial charge < -0.3 is 14.2 Å². The third-order valence-electron chi connectivity index (χ3n) is 6.86. The van der Waals surface area contributed by atoms with E-state index in [-0.39, 0.29) is 18.0 Å². The molecule has 0 bridgehead atoms. The zero-order valence-electron chi connectivity index (χ0n) is 16.5. The summed E-state index contributed by atoms with van der Waals surface area (Å²) >= 11 is 0. The summed E-state index contributed by atoms with van der Waals surface area (Å²) in [6, 6.07) is 0. The Labute approximate surface area is 143 Å². The molecule has 3 nitrogen and oxygen atoms in total. The van der Waals surface area contributed by atoms with E-state index < -0.39 is 0 Å². The van der Waals surface area contributed by atoms with Crippen molar-refractivity contribution in [1.29, 1.82) is 0 Å². The highest BCUT2D eigenvalue weighted by Gasteiger charge is 2.51. The highest BCUT2D eigenvalue weighted by molar-refractivity contribution is 4.98. The van der Waals surface area contributed by atoms with E-state index in [1.54, 1.807) is 0 Å². The molecule has 3 unspecified atom stereocenters. The molecule has 2 rings (SSSR count). The highest BCUT2D eigenvalue weighted by Crippen LogP contribution is 2.44. The first-order valence-corrected chi connectivity index (χ1v) is 9.77. The number of hydrogen-bond donors (Lipinski definition) is 0. The van der Waals surface area contributed by atoms with Gasteiger partial charge in [0.05, 0.1) is 23.9 Å². The molecule has 0 aromatic heterocycles. The maximum atomic E-state index is 6.62. The van der Waals surface area contributed by atoms with Crippen molar-refractivity contribution in [1.82, 2.24) is 0 Å². The van der Waals surface area contributed by atoms with Crippen molar-refractivity contribution >= 4 is 0 Å². The molecule has 0 aromatic rings. The molecular weight excluding hydrogens is 288 g/mol. The molecular formula is C20H38O3. The van der Waals surface area contributed by atoms with Gasteiger partial charge in [0.25, 0.3) is 0 Å². The minimum atomic E-state index is -0.197. The smallest absolute Gasteiger partial charge is 0.161 e. The molecule has 2 aliphatic heterocycles. The van der Waals surface area contributed by atoms with Crippen molar-refractivity contribution in [3.8, 4) is 0 Å². The molecule has 23 heavy (non-hydrogen) atoms. The molecule has 136 valence electrons. The Morgan fingerprint density at radius 2 is 1.43 bits per heavy atom. The van der Waals surface area contributed by atoms with E-state index in [1.165, 1.54) is 0 Å². The van der Waals surface area contributed by atoms with Crippen LogP contribution in [0.5, 0.6) is 0 Å². The lowest BCUT2D eigenvalue weighted by Crippen LogP contribution is -2.50. The Morgan fingerprint density at radius 1 is 0.826 bits per heavy atom. The fourth-order valence-corrected chi connectivity index (χ4v) is 4.53. The summed E-state index contributed by atoms with van der Waals surface area (Å²) in [5.41, 5.74) is -0.197. The Hall–Kier alpha value is -0.120. The molecule has 2 aliphatic rings. The van der Waals surface area contributed by atoms with Crippen molar-refractivity contribution < 1.29 is 14.2 Å². The van der Waals surface area contributed by atoms with Gasteiger partial charge in [0, 0.05) is 11.8 Å². The normalized spacial score (nSPS) is 51.1. The predicted molar refractivity (Wildman–Crippen MR) is 94.3 cm³/mol. The van der Waals surface area contributed by atoms with E-state index in [4.69, 9.17) is 14.2 Å². The predicted octanol–water partition coefficient (Wildman–Crippen LogP) is 5.03. The van der Waals surface area contributed by atoms with E-state index in [2.05, 4.69) is 55.4 Å². The van der Waals surface area contributed by atoms with Gasteiger partial charge in [0.2, 0.25) is 0 Å². The van der Waals surface area contributed by atoms with E-state index in [9.17, 15) is 0 Å². The molecule has 0 amide bonds. The summed E-state index contributed by atoms with van der Waals surface area (Å²) in [4.78, 5) is 0. The first-order valence-electron chi connectivity index (χ1n) is 9.77. The summed E-state index contributed by atoms with van der Waals surface area (Å²) < 4.78 is 19.4. The van der Waals surface area contributed by atoms with Crippen molar-refractivity contribution in [2.75, 3.05) is 0 Å². The van der Waals surface area contributed by atoms with Crippen molar-refractivity contribution in [2.45, 2.75) is 105 Å². The molecule has 0 spiro atoms. The first kappa shape index (κ1) is 19.2. The third kappa shape index (κ3) is 3.48. The van der Waals surface area contributed by atoms with Crippen molar-refractivity contribution in [2.24, 2.45) is 23.7 Å². The zero-order chi connectivity index (χ0) is 17.4. The van der Waals surface area contributed by atoms with Crippen LogP contribution in [0.3, 0.4) is 0 Å². The topological polar surface area (TPSA) is 27.7 Å². The van der Waals surface area contributed by atoms with Crippen LogP contribution in [0.25, 0.3) is 0 Å². The quantitative estimate of drug-likeness (QED) is 0.709. The lowest BCUT2D eigenvalue weighted by Gasteiger charge is -2.45. The van der Waals surface area contributed by atoms with Crippen LogP contribution in [-0.2, 0) is 14.2 Å². The molecule has 2 fully saturated rings. The minimum absolute atomic E-state index is 0.108. The first-order chi connectivity index (χ1) is 10.8. The lowest BCUT2D eigenvalue weighted by atomic mass is 9.78. The van der Waals surface area contributed by atoms with Crippen LogP contribution >= 0.6 is 0 Å². The Morgan fingerprint density at radius 3 is 1.96 bits per heavy atom. The largest absolute Gasteiger partial charge is 0.369 e. The molecule has 3 heteroatoms. The summed E-state index contributed by atoms with van der Waals surface area (Å²) in [5.74, 6) is 2.04. The SMILES string of the molecule is CC[C@@H]1OC(C)(CC)[C@H](OC2O[C@H](CC)C(C)[C@H](C)[C@H]2C)[C@H]1C. The summed E-state index contributed by atoms with van der Waals surface area (Å²) in [7, 11) is 0. The zero-order valence-corrected chi connectivity index (χ0v) is 16.5. The molecule has 0 saturated carbocycles. The van der Waals surface area contributed by atoms with Crippen molar-refractivity contribution in [3.05, 3.63) is 0 Å². The van der Waals surface area contributed by atoms with Gasteiger partial charge in [-0.05, 0) is 38.0 Å². The van der Waals surface area contributed by atoms with Gasteiger partial charge in [-0.1, -0.05) is 48.5 Å². The van der Waals surface area contributed by atoms with Gasteiger partial charge in [0.1, 0.15) is 0 Å². The average Bonchev–Trinajstić information content (AvgIpc) is 2.79.